The number of anilines is 3. The van der Waals surface area contributed by atoms with E-state index in [1.54, 1.807) is 21.9 Å². The molecule has 0 bridgehead atoms. The number of pyridine rings is 2. The Hall–Kier alpha value is -4.71. The van der Waals surface area contributed by atoms with Crippen molar-refractivity contribution < 1.29 is 40.8 Å². The summed E-state index contributed by atoms with van der Waals surface area (Å²) in [7, 11) is 0. The fourth-order valence-corrected chi connectivity index (χ4v) is 5.61. The Morgan fingerprint density at radius 1 is 0.735 bits per heavy atom. The van der Waals surface area contributed by atoms with E-state index < -0.39 is 28.7 Å². The molecule has 3 saturated heterocycles. The molecule has 3 aliphatic heterocycles. The van der Waals surface area contributed by atoms with Crippen molar-refractivity contribution in [2.45, 2.75) is 12.4 Å². The number of non-ortho nitro benzene ring substituents is 1. The van der Waals surface area contributed by atoms with Crippen molar-refractivity contribution in [1.82, 2.24) is 20.2 Å². The van der Waals surface area contributed by atoms with Gasteiger partial charge in [0.2, 0.25) is 0 Å². The van der Waals surface area contributed by atoms with Crippen LogP contribution in [0.15, 0.2) is 54.6 Å². The van der Waals surface area contributed by atoms with Gasteiger partial charge in [0.1, 0.15) is 23.0 Å². The van der Waals surface area contributed by atoms with Crippen molar-refractivity contribution >= 4 is 28.9 Å². The van der Waals surface area contributed by atoms with Crippen LogP contribution in [-0.4, -0.2) is 104 Å². The van der Waals surface area contributed by atoms with Crippen molar-refractivity contribution in [3.05, 3.63) is 81.7 Å². The molecule has 6 rings (SSSR count). The molecule has 0 unspecified atom stereocenters. The Morgan fingerprint density at radius 2 is 1.27 bits per heavy atom. The molecule has 49 heavy (non-hydrogen) atoms. The van der Waals surface area contributed by atoms with Gasteiger partial charge in [0, 0.05) is 77.6 Å². The summed E-state index contributed by atoms with van der Waals surface area (Å²) in [6.45, 7) is 6.13. The lowest BCUT2D eigenvalue weighted by atomic mass is 10.1. The number of amides is 1. The summed E-state index contributed by atoms with van der Waals surface area (Å²) < 4.78 is 81.6. The number of hydrogen-bond donors (Lipinski definition) is 1. The first-order valence-corrected chi connectivity index (χ1v) is 15.5. The van der Waals surface area contributed by atoms with E-state index in [1.807, 2.05) is 9.80 Å². The van der Waals surface area contributed by atoms with Gasteiger partial charge in [-0.1, -0.05) is 12.1 Å². The molecule has 1 aromatic carbocycles. The molecule has 0 radical (unpaired) electrons. The van der Waals surface area contributed by atoms with Crippen LogP contribution in [0, 0.1) is 10.1 Å². The SMILES string of the molecule is FC(F)(F)c1cccc(N2CCNCC2)n1.O=C(c1cc([N+](=O)[O-])ccc1N1CCOCC1)N1CCN(c2cccc(C(F)(F)F)n2)CC1. The van der Waals surface area contributed by atoms with Gasteiger partial charge in [-0.25, -0.2) is 9.97 Å². The number of piperazine rings is 2. The normalized spacial score (nSPS) is 17.3. The molecular formula is C31H34F6N8O4. The topological polar surface area (TPSA) is 120 Å². The monoisotopic (exact) mass is 696 g/mol. The van der Waals surface area contributed by atoms with E-state index in [9.17, 15) is 41.3 Å². The zero-order valence-electron chi connectivity index (χ0n) is 26.2. The second-order valence-corrected chi connectivity index (χ2v) is 11.3. The molecule has 0 atom stereocenters. The molecule has 0 aliphatic carbocycles. The zero-order valence-corrected chi connectivity index (χ0v) is 26.2. The number of ether oxygens (including phenoxy) is 1. The molecular weight excluding hydrogens is 662 g/mol. The molecule has 0 spiro atoms. The van der Waals surface area contributed by atoms with Crippen LogP contribution in [0.25, 0.3) is 0 Å². The second-order valence-electron chi connectivity index (χ2n) is 11.3. The molecule has 264 valence electrons. The number of carbonyl (C=O) groups is 1. The number of alkyl halides is 6. The number of hydrogen-bond acceptors (Lipinski definition) is 10. The minimum atomic E-state index is -4.54. The molecule has 12 nitrogen and oxygen atoms in total. The second kappa shape index (κ2) is 15.2. The number of nitro benzene ring substituents is 1. The lowest BCUT2D eigenvalue weighted by molar-refractivity contribution is -0.384. The van der Waals surface area contributed by atoms with Crippen molar-refractivity contribution in [2.24, 2.45) is 0 Å². The highest BCUT2D eigenvalue weighted by Gasteiger charge is 2.34. The first kappa shape index (κ1) is 35.6. The largest absolute Gasteiger partial charge is 0.433 e. The lowest BCUT2D eigenvalue weighted by Gasteiger charge is -2.36. The summed E-state index contributed by atoms with van der Waals surface area (Å²) in [4.78, 5) is 38.5. The maximum absolute atomic E-state index is 13.3. The number of nitrogens with one attached hydrogen (secondary N) is 1. The van der Waals surface area contributed by atoms with Crippen LogP contribution in [-0.2, 0) is 17.1 Å². The summed E-state index contributed by atoms with van der Waals surface area (Å²) in [5, 5.41) is 14.4. The molecule has 5 heterocycles. The smallest absolute Gasteiger partial charge is 0.378 e. The van der Waals surface area contributed by atoms with E-state index in [2.05, 4.69) is 15.3 Å². The predicted octanol–water partition coefficient (Wildman–Crippen LogP) is 4.32. The van der Waals surface area contributed by atoms with Crippen LogP contribution in [0.1, 0.15) is 21.7 Å². The summed E-state index contributed by atoms with van der Waals surface area (Å²) in [5.74, 6) is 0.245. The van der Waals surface area contributed by atoms with Gasteiger partial charge in [0.25, 0.3) is 11.6 Å². The minimum Gasteiger partial charge on any atom is -0.378 e. The van der Waals surface area contributed by atoms with Gasteiger partial charge in [-0.3, -0.25) is 14.9 Å². The first-order chi connectivity index (χ1) is 23.3. The van der Waals surface area contributed by atoms with E-state index >= 15 is 0 Å². The van der Waals surface area contributed by atoms with Gasteiger partial charge in [-0.15, -0.1) is 0 Å². The number of nitro groups is 1. The number of nitrogens with zero attached hydrogens (tertiary/aromatic N) is 7. The third-order valence-corrected chi connectivity index (χ3v) is 8.15. The fraction of sp³-hybridized carbons (Fsp3) is 0.452. The molecule has 18 heteroatoms. The summed E-state index contributed by atoms with van der Waals surface area (Å²) in [6.07, 6.45) is -8.91. The number of halogens is 6. The third-order valence-electron chi connectivity index (χ3n) is 8.15. The molecule has 0 saturated carbocycles. The van der Waals surface area contributed by atoms with Crippen LogP contribution >= 0.6 is 0 Å². The van der Waals surface area contributed by atoms with Crippen LogP contribution in [0.3, 0.4) is 0 Å². The molecule has 2 aromatic heterocycles. The van der Waals surface area contributed by atoms with Crippen LogP contribution < -0.4 is 20.0 Å². The van der Waals surface area contributed by atoms with Gasteiger partial charge < -0.3 is 29.7 Å². The Balaban J connectivity index is 0.000000244. The van der Waals surface area contributed by atoms with Gasteiger partial charge in [-0.2, -0.15) is 26.3 Å². The van der Waals surface area contributed by atoms with Crippen LogP contribution in [0.5, 0.6) is 0 Å². The highest BCUT2D eigenvalue weighted by atomic mass is 19.4. The summed E-state index contributed by atoms with van der Waals surface area (Å²) in [5.41, 5.74) is -1.14. The van der Waals surface area contributed by atoms with E-state index in [4.69, 9.17) is 4.74 Å². The molecule has 3 aromatic rings. The quantitative estimate of drug-likeness (QED) is 0.235. The Labute approximate surface area is 277 Å². The number of aromatic nitrogens is 2. The van der Waals surface area contributed by atoms with Gasteiger partial charge in [0.05, 0.1) is 29.4 Å². The first-order valence-electron chi connectivity index (χ1n) is 15.5. The molecule has 1 N–H and O–H groups in total. The maximum Gasteiger partial charge on any atom is 0.433 e. The number of benzene rings is 1. The Morgan fingerprint density at radius 3 is 1.78 bits per heavy atom. The van der Waals surface area contributed by atoms with Crippen molar-refractivity contribution in [1.29, 1.82) is 0 Å². The summed E-state index contributed by atoms with van der Waals surface area (Å²) in [6, 6.07) is 12.0. The summed E-state index contributed by atoms with van der Waals surface area (Å²) >= 11 is 0. The molecule has 3 aliphatic rings. The van der Waals surface area contributed by atoms with E-state index in [0.717, 1.165) is 25.2 Å². The average Bonchev–Trinajstić information content (AvgIpc) is 3.11. The standard InChI is InChI=1S/C21H22F3N5O4.C10H12F3N3/c22-21(23,24)18-2-1-3-19(25-18)27-6-8-28(9-7-27)20(30)16-14-15(29(31)32)4-5-17(16)26-10-12-33-13-11-26;11-10(12,13)8-2-1-3-9(15-8)16-6-4-14-5-7-16/h1-5,14H,6-13H2;1-3,14H,4-7H2. The van der Waals surface area contributed by atoms with Crippen molar-refractivity contribution in [2.75, 3.05) is 93.4 Å². The van der Waals surface area contributed by atoms with Gasteiger partial charge in [0.15, 0.2) is 0 Å². The number of morpholine rings is 1. The van der Waals surface area contributed by atoms with E-state index in [-0.39, 0.29) is 36.1 Å². The fourth-order valence-electron chi connectivity index (χ4n) is 5.61. The van der Waals surface area contributed by atoms with E-state index in [1.165, 1.54) is 30.3 Å². The van der Waals surface area contributed by atoms with E-state index in [0.29, 0.717) is 64.0 Å². The minimum absolute atomic E-state index is 0.179. The predicted molar refractivity (Wildman–Crippen MR) is 168 cm³/mol. The Bertz CT molecular complexity index is 1610. The van der Waals surface area contributed by atoms with Gasteiger partial charge in [-0.05, 0) is 30.3 Å². The zero-order chi connectivity index (χ0) is 35.2. The molecule has 3 fully saturated rings. The highest BCUT2D eigenvalue weighted by molar-refractivity contribution is 6.00. The highest BCUT2D eigenvalue weighted by Crippen LogP contribution is 2.31. The van der Waals surface area contributed by atoms with Crippen molar-refractivity contribution in [3.63, 3.8) is 0 Å². The number of rotatable bonds is 5. The van der Waals surface area contributed by atoms with Gasteiger partial charge >= 0.3 is 12.4 Å². The third kappa shape index (κ3) is 9.05. The average molecular weight is 697 g/mol. The maximum atomic E-state index is 13.3. The Kier molecular flexibility index (Phi) is 11.1. The van der Waals surface area contributed by atoms with Crippen LogP contribution in [0.4, 0.5) is 49.4 Å². The molecule has 1 amide bonds. The van der Waals surface area contributed by atoms with Crippen LogP contribution in [0.2, 0.25) is 0 Å². The number of carbonyl (C=O) groups excluding carboxylic acids is 1. The lowest BCUT2D eigenvalue weighted by Crippen LogP contribution is -2.49. The van der Waals surface area contributed by atoms with Crippen molar-refractivity contribution in [3.8, 4) is 0 Å².